The van der Waals surface area contributed by atoms with Gasteiger partial charge in [0.2, 0.25) is 5.91 Å². The fraction of sp³-hybridized carbons (Fsp3) is 0.500. The van der Waals surface area contributed by atoms with Gasteiger partial charge in [0.1, 0.15) is 5.75 Å². The summed E-state index contributed by atoms with van der Waals surface area (Å²) in [7, 11) is 0. The standard InChI is InChI=1S/C14H20N2O2/c1-2-10-18-12-7-5-11(6-8-12)16-14(17)13-4-3-9-15-13/h5-8,13,15H,2-4,9-10H2,1H3,(H,16,17)/t13-/m0/s1. The largest absolute Gasteiger partial charge is 0.494 e. The zero-order chi connectivity index (χ0) is 12.8. The van der Waals surface area contributed by atoms with Gasteiger partial charge in [-0.05, 0) is 50.1 Å². The lowest BCUT2D eigenvalue weighted by atomic mass is 10.2. The number of anilines is 1. The summed E-state index contributed by atoms with van der Waals surface area (Å²) in [6.45, 7) is 3.72. The molecule has 18 heavy (non-hydrogen) atoms. The molecule has 4 nitrogen and oxygen atoms in total. The SMILES string of the molecule is CCCOc1ccc(NC(=O)[C@@H]2CCCN2)cc1. The van der Waals surface area contributed by atoms with E-state index in [1.807, 2.05) is 24.3 Å². The van der Waals surface area contributed by atoms with Gasteiger partial charge < -0.3 is 15.4 Å². The molecule has 1 aromatic rings. The van der Waals surface area contributed by atoms with Crippen molar-refractivity contribution in [3.63, 3.8) is 0 Å². The predicted molar refractivity (Wildman–Crippen MR) is 71.9 cm³/mol. The van der Waals surface area contributed by atoms with Crippen molar-refractivity contribution in [2.24, 2.45) is 0 Å². The number of hydrogen-bond donors (Lipinski definition) is 2. The van der Waals surface area contributed by atoms with Crippen molar-refractivity contribution >= 4 is 11.6 Å². The van der Waals surface area contributed by atoms with E-state index in [4.69, 9.17) is 4.74 Å². The number of amides is 1. The molecule has 2 rings (SSSR count). The minimum atomic E-state index is -0.0407. The molecular formula is C14H20N2O2. The van der Waals surface area contributed by atoms with E-state index in [1.165, 1.54) is 0 Å². The number of carbonyl (C=O) groups is 1. The summed E-state index contributed by atoms with van der Waals surface area (Å²) in [6, 6.07) is 7.47. The fourth-order valence-electron chi connectivity index (χ4n) is 1.99. The number of rotatable bonds is 5. The van der Waals surface area contributed by atoms with Crippen LogP contribution < -0.4 is 15.4 Å². The molecule has 1 saturated heterocycles. The quantitative estimate of drug-likeness (QED) is 0.839. The van der Waals surface area contributed by atoms with E-state index in [0.29, 0.717) is 0 Å². The number of hydrogen-bond acceptors (Lipinski definition) is 3. The first-order valence-electron chi connectivity index (χ1n) is 6.56. The Morgan fingerprint density at radius 3 is 2.83 bits per heavy atom. The number of ether oxygens (including phenoxy) is 1. The summed E-state index contributed by atoms with van der Waals surface area (Å²) in [5.74, 6) is 0.892. The Hall–Kier alpha value is -1.55. The molecule has 98 valence electrons. The van der Waals surface area contributed by atoms with E-state index in [0.717, 1.165) is 43.9 Å². The Labute approximate surface area is 108 Å². The molecule has 1 aromatic carbocycles. The maximum Gasteiger partial charge on any atom is 0.241 e. The van der Waals surface area contributed by atoms with Crippen LogP contribution in [0.25, 0.3) is 0 Å². The lowest BCUT2D eigenvalue weighted by molar-refractivity contribution is -0.117. The first-order valence-corrected chi connectivity index (χ1v) is 6.56. The van der Waals surface area contributed by atoms with Gasteiger partial charge in [0.25, 0.3) is 0 Å². The van der Waals surface area contributed by atoms with Crippen LogP contribution in [0.1, 0.15) is 26.2 Å². The van der Waals surface area contributed by atoms with Crippen molar-refractivity contribution in [2.45, 2.75) is 32.2 Å². The van der Waals surface area contributed by atoms with Gasteiger partial charge >= 0.3 is 0 Å². The van der Waals surface area contributed by atoms with Crippen molar-refractivity contribution < 1.29 is 9.53 Å². The van der Waals surface area contributed by atoms with Crippen LogP contribution in [0.15, 0.2) is 24.3 Å². The predicted octanol–water partition coefficient (Wildman–Crippen LogP) is 2.17. The molecule has 0 aromatic heterocycles. The van der Waals surface area contributed by atoms with E-state index in [2.05, 4.69) is 17.6 Å². The average Bonchev–Trinajstić information content (AvgIpc) is 2.92. The average molecular weight is 248 g/mol. The molecule has 0 spiro atoms. The molecule has 0 unspecified atom stereocenters. The number of carbonyl (C=O) groups excluding carboxylic acids is 1. The van der Waals surface area contributed by atoms with Crippen molar-refractivity contribution in [1.29, 1.82) is 0 Å². The first-order chi connectivity index (χ1) is 8.79. The highest BCUT2D eigenvalue weighted by molar-refractivity contribution is 5.95. The van der Waals surface area contributed by atoms with Gasteiger partial charge in [-0.2, -0.15) is 0 Å². The van der Waals surface area contributed by atoms with Crippen LogP contribution in [0.4, 0.5) is 5.69 Å². The minimum Gasteiger partial charge on any atom is -0.494 e. The summed E-state index contributed by atoms with van der Waals surface area (Å²) < 4.78 is 5.49. The van der Waals surface area contributed by atoms with Crippen molar-refractivity contribution in [3.8, 4) is 5.75 Å². The van der Waals surface area contributed by atoms with Crippen LogP contribution in [0.3, 0.4) is 0 Å². The summed E-state index contributed by atoms with van der Waals surface area (Å²) in [5, 5.41) is 6.09. The van der Waals surface area contributed by atoms with E-state index in [1.54, 1.807) is 0 Å². The Balaban J connectivity index is 1.87. The van der Waals surface area contributed by atoms with Gasteiger partial charge in [-0.15, -0.1) is 0 Å². The molecule has 0 aliphatic carbocycles. The lowest BCUT2D eigenvalue weighted by Gasteiger charge is -2.11. The second-order valence-electron chi connectivity index (χ2n) is 4.51. The van der Waals surface area contributed by atoms with Crippen molar-refractivity contribution in [3.05, 3.63) is 24.3 Å². The summed E-state index contributed by atoms with van der Waals surface area (Å²) in [4.78, 5) is 11.9. The topological polar surface area (TPSA) is 50.4 Å². The van der Waals surface area contributed by atoms with Crippen LogP contribution in [-0.2, 0) is 4.79 Å². The van der Waals surface area contributed by atoms with Crippen LogP contribution in [0, 0.1) is 0 Å². The second-order valence-corrected chi connectivity index (χ2v) is 4.51. The summed E-state index contributed by atoms with van der Waals surface area (Å²) in [5.41, 5.74) is 0.817. The van der Waals surface area contributed by atoms with E-state index in [9.17, 15) is 4.79 Å². The monoisotopic (exact) mass is 248 g/mol. The van der Waals surface area contributed by atoms with Gasteiger partial charge in [-0.3, -0.25) is 4.79 Å². The highest BCUT2D eigenvalue weighted by Gasteiger charge is 2.21. The van der Waals surface area contributed by atoms with Crippen molar-refractivity contribution in [2.75, 3.05) is 18.5 Å². The van der Waals surface area contributed by atoms with Gasteiger partial charge in [0.15, 0.2) is 0 Å². The third kappa shape index (κ3) is 3.47. The second kappa shape index (κ2) is 6.40. The Morgan fingerprint density at radius 2 is 2.22 bits per heavy atom. The molecule has 1 amide bonds. The molecule has 0 bridgehead atoms. The van der Waals surface area contributed by atoms with Gasteiger partial charge in [0.05, 0.1) is 12.6 Å². The molecular weight excluding hydrogens is 228 g/mol. The van der Waals surface area contributed by atoms with Crippen LogP contribution in [0.5, 0.6) is 5.75 Å². The summed E-state index contributed by atoms with van der Waals surface area (Å²) >= 11 is 0. The smallest absolute Gasteiger partial charge is 0.241 e. The van der Waals surface area contributed by atoms with Crippen LogP contribution >= 0.6 is 0 Å². The molecule has 2 N–H and O–H groups in total. The van der Waals surface area contributed by atoms with Crippen LogP contribution in [-0.4, -0.2) is 25.1 Å². The Bertz CT molecular complexity index is 383. The lowest BCUT2D eigenvalue weighted by Crippen LogP contribution is -2.35. The highest BCUT2D eigenvalue weighted by Crippen LogP contribution is 2.17. The highest BCUT2D eigenvalue weighted by atomic mass is 16.5. The molecule has 0 saturated carbocycles. The molecule has 1 heterocycles. The maximum absolute atomic E-state index is 11.9. The Morgan fingerprint density at radius 1 is 1.44 bits per heavy atom. The summed E-state index contributed by atoms with van der Waals surface area (Å²) in [6.07, 6.45) is 2.98. The maximum atomic E-state index is 11.9. The first kappa shape index (κ1) is 12.9. The van der Waals surface area contributed by atoms with Crippen molar-refractivity contribution in [1.82, 2.24) is 5.32 Å². The van der Waals surface area contributed by atoms with Gasteiger partial charge in [0, 0.05) is 5.69 Å². The zero-order valence-corrected chi connectivity index (χ0v) is 10.7. The third-order valence-corrected chi connectivity index (χ3v) is 2.97. The number of benzene rings is 1. The van der Waals surface area contributed by atoms with E-state index in [-0.39, 0.29) is 11.9 Å². The molecule has 1 aliphatic heterocycles. The third-order valence-electron chi connectivity index (χ3n) is 2.97. The molecule has 0 radical (unpaired) electrons. The molecule has 1 fully saturated rings. The van der Waals surface area contributed by atoms with Gasteiger partial charge in [-0.1, -0.05) is 6.92 Å². The van der Waals surface area contributed by atoms with E-state index >= 15 is 0 Å². The normalized spacial score (nSPS) is 18.6. The number of nitrogens with one attached hydrogen (secondary N) is 2. The Kier molecular flexibility index (Phi) is 4.59. The van der Waals surface area contributed by atoms with Crippen LogP contribution in [0.2, 0.25) is 0 Å². The molecule has 1 aliphatic rings. The fourth-order valence-corrected chi connectivity index (χ4v) is 1.99. The molecule has 1 atom stereocenters. The molecule has 4 heteroatoms. The van der Waals surface area contributed by atoms with Gasteiger partial charge in [-0.25, -0.2) is 0 Å². The van der Waals surface area contributed by atoms with E-state index < -0.39 is 0 Å². The minimum absolute atomic E-state index is 0.0407. The zero-order valence-electron chi connectivity index (χ0n) is 10.7.